The van der Waals surface area contributed by atoms with Gasteiger partial charge in [0.15, 0.2) is 6.61 Å². The number of rotatable bonds is 5. The van der Waals surface area contributed by atoms with E-state index in [1.807, 2.05) is 24.3 Å². The van der Waals surface area contributed by atoms with Crippen LogP contribution >= 0.6 is 0 Å². The minimum atomic E-state index is -0.578. The van der Waals surface area contributed by atoms with E-state index in [-0.39, 0.29) is 30.9 Å². The number of nitrogens with zero attached hydrogens (tertiary/aromatic N) is 1. The van der Waals surface area contributed by atoms with E-state index in [0.29, 0.717) is 17.9 Å². The molecule has 5 nitrogen and oxygen atoms in total. The molecule has 2 aromatic carbocycles. The maximum absolute atomic E-state index is 12.9. The van der Waals surface area contributed by atoms with Crippen LogP contribution in [0.2, 0.25) is 0 Å². The number of β-amino-alcohol motifs (C(OH)–C–C–N with tert-alkyl or cyclic N) is 1. The number of amides is 1. The first kappa shape index (κ1) is 17.2. The van der Waals surface area contributed by atoms with E-state index in [2.05, 4.69) is 0 Å². The number of aliphatic hydroxyl groups is 1. The summed E-state index contributed by atoms with van der Waals surface area (Å²) in [6, 6.07) is 12.7. The average molecular weight is 345 g/mol. The molecule has 0 bridgehead atoms. The second kappa shape index (κ2) is 7.53. The van der Waals surface area contributed by atoms with Crippen LogP contribution in [0.4, 0.5) is 4.39 Å². The lowest BCUT2D eigenvalue weighted by molar-refractivity contribution is -0.134. The zero-order chi connectivity index (χ0) is 17.8. The highest BCUT2D eigenvalue weighted by molar-refractivity contribution is 5.78. The van der Waals surface area contributed by atoms with Crippen LogP contribution < -0.4 is 9.47 Å². The highest BCUT2D eigenvalue weighted by Crippen LogP contribution is 2.33. The largest absolute Gasteiger partial charge is 0.497 e. The van der Waals surface area contributed by atoms with Crippen molar-refractivity contribution in [2.75, 3.05) is 20.3 Å². The molecule has 132 valence electrons. The van der Waals surface area contributed by atoms with E-state index < -0.39 is 6.10 Å². The molecule has 0 saturated carbocycles. The van der Waals surface area contributed by atoms with Gasteiger partial charge in [0.05, 0.1) is 19.3 Å². The lowest BCUT2D eigenvalue weighted by Crippen LogP contribution is -2.35. The summed E-state index contributed by atoms with van der Waals surface area (Å²) in [7, 11) is 1.59. The molecule has 0 aromatic heterocycles. The molecule has 6 heteroatoms. The molecular weight excluding hydrogens is 325 g/mol. The Balaban J connectivity index is 1.69. The molecule has 1 aliphatic heterocycles. The monoisotopic (exact) mass is 345 g/mol. The number of hydrogen-bond donors (Lipinski definition) is 1. The van der Waals surface area contributed by atoms with E-state index in [0.717, 1.165) is 5.56 Å². The van der Waals surface area contributed by atoms with Crippen LogP contribution in [0, 0.1) is 5.82 Å². The van der Waals surface area contributed by atoms with Crippen LogP contribution in [0.3, 0.4) is 0 Å². The molecule has 1 saturated heterocycles. The van der Waals surface area contributed by atoms with E-state index in [1.54, 1.807) is 12.0 Å². The van der Waals surface area contributed by atoms with E-state index in [1.165, 1.54) is 24.3 Å². The Labute approximate surface area is 145 Å². The van der Waals surface area contributed by atoms with Crippen LogP contribution in [-0.4, -0.2) is 42.3 Å². The van der Waals surface area contributed by atoms with Crippen molar-refractivity contribution < 1.29 is 23.8 Å². The standard InChI is InChI=1S/C19H20FNO4/c1-24-17-4-2-3-13(9-17)18-10-15(22)11-21(18)19(23)12-25-16-7-5-14(20)6-8-16/h2-9,15,18,22H,10-12H2,1H3/t15-,18-/m1/s1. The number of benzene rings is 2. The van der Waals surface area contributed by atoms with Crippen molar-refractivity contribution in [1.82, 2.24) is 4.90 Å². The molecule has 2 atom stereocenters. The Bertz CT molecular complexity index is 734. The topological polar surface area (TPSA) is 59.0 Å². The molecule has 1 aliphatic rings. The van der Waals surface area contributed by atoms with Crippen molar-refractivity contribution in [3.05, 3.63) is 59.9 Å². The number of carbonyl (C=O) groups is 1. The van der Waals surface area contributed by atoms with Gasteiger partial charge in [0.1, 0.15) is 17.3 Å². The first-order valence-electron chi connectivity index (χ1n) is 8.06. The second-order valence-electron chi connectivity index (χ2n) is 5.97. The van der Waals surface area contributed by atoms with Crippen LogP contribution in [0.25, 0.3) is 0 Å². The van der Waals surface area contributed by atoms with Gasteiger partial charge in [0.2, 0.25) is 0 Å². The fourth-order valence-electron chi connectivity index (χ4n) is 3.01. The molecule has 3 rings (SSSR count). The highest BCUT2D eigenvalue weighted by Gasteiger charge is 2.35. The molecule has 1 amide bonds. The molecule has 1 fully saturated rings. The van der Waals surface area contributed by atoms with Crippen molar-refractivity contribution in [3.63, 3.8) is 0 Å². The predicted molar refractivity (Wildman–Crippen MR) is 90.0 cm³/mol. The summed E-state index contributed by atoms with van der Waals surface area (Å²) in [4.78, 5) is 14.2. The molecular formula is C19H20FNO4. The molecule has 0 aliphatic carbocycles. The average Bonchev–Trinajstić information content (AvgIpc) is 3.03. The summed E-state index contributed by atoms with van der Waals surface area (Å²) in [5, 5.41) is 10.0. The summed E-state index contributed by atoms with van der Waals surface area (Å²) in [6.07, 6.45) is -0.110. The second-order valence-corrected chi connectivity index (χ2v) is 5.97. The molecule has 0 radical (unpaired) electrons. The SMILES string of the molecule is COc1cccc([C@H]2C[C@@H](O)CN2C(=O)COc2ccc(F)cc2)c1. The number of halogens is 1. The predicted octanol–water partition coefficient (Wildman–Crippen LogP) is 2.55. The minimum absolute atomic E-state index is 0.168. The van der Waals surface area contributed by atoms with Gasteiger partial charge in [0, 0.05) is 6.54 Å². The third-order valence-corrected chi connectivity index (χ3v) is 4.25. The number of methoxy groups -OCH3 is 1. The minimum Gasteiger partial charge on any atom is -0.497 e. The summed E-state index contributed by atoms with van der Waals surface area (Å²) in [6.45, 7) is 0.0896. The summed E-state index contributed by atoms with van der Waals surface area (Å²) < 4.78 is 23.6. The van der Waals surface area contributed by atoms with Gasteiger partial charge in [-0.05, 0) is 48.4 Å². The van der Waals surface area contributed by atoms with Gasteiger partial charge in [-0.3, -0.25) is 4.79 Å². The van der Waals surface area contributed by atoms with Gasteiger partial charge >= 0.3 is 0 Å². The van der Waals surface area contributed by atoms with Gasteiger partial charge in [-0.25, -0.2) is 4.39 Å². The Morgan fingerprint density at radius 3 is 2.72 bits per heavy atom. The molecule has 0 spiro atoms. The number of carbonyl (C=O) groups excluding carboxylic acids is 1. The lowest BCUT2D eigenvalue weighted by Gasteiger charge is -2.25. The zero-order valence-corrected chi connectivity index (χ0v) is 13.9. The third kappa shape index (κ3) is 4.09. The Morgan fingerprint density at radius 2 is 2.00 bits per heavy atom. The van der Waals surface area contributed by atoms with Crippen molar-refractivity contribution in [2.24, 2.45) is 0 Å². The third-order valence-electron chi connectivity index (χ3n) is 4.25. The Kier molecular flexibility index (Phi) is 5.19. The molecule has 0 unspecified atom stereocenters. The normalized spacial score (nSPS) is 19.7. The lowest BCUT2D eigenvalue weighted by atomic mass is 10.0. The summed E-state index contributed by atoms with van der Waals surface area (Å²) in [5.74, 6) is 0.536. The zero-order valence-electron chi connectivity index (χ0n) is 13.9. The van der Waals surface area contributed by atoms with Crippen LogP contribution in [0.1, 0.15) is 18.0 Å². The fraction of sp³-hybridized carbons (Fsp3) is 0.316. The fourth-order valence-corrected chi connectivity index (χ4v) is 3.01. The van der Waals surface area contributed by atoms with Crippen molar-refractivity contribution in [1.29, 1.82) is 0 Å². The van der Waals surface area contributed by atoms with Gasteiger partial charge in [-0.2, -0.15) is 0 Å². The molecule has 25 heavy (non-hydrogen) atoms. The summed E-state index contributed by atoms with van der Waals surface area (Å²) >= 11 is 0. The van der Waals surface area contributed by atoms with Crippen molar-refractivity contribution in [3.8, 4) is 11.5 Å². The van der Waals surface area contributed by atoms with E-state index in [4.69, 9.17) is 9.47 Å². The highest BCUT2D eigenvalue weighted by atomic mass is 19.1. The first-order valence-corrected chi connectivity index (χ1v) is 8.06. The molecule has 1 N–H and O–H groups in total. The number of ether oxygens (including phenoxy) is 2. The molecule has 2 aromatic rings. The van der Waals surface area contributed by atoms with Gasteiger partial charge in [-0.15, -0.1) is 0 Å². The first-order chi connectivity index (χ1) is 12.1. The van der Waals surface area contributed by atoms with Gasteiger partial charge in [0.25, 0.3) is 5.91 Å². The van der Waals surface area contributed by atoms with Gasteiger partial charge < -0.3 is 19.5 Å². The van der Waals surface area contributed by atoms with Crippen molar-refractivity contribution >= 4 is 5.91 Å². The van der Waals surface area contributed by atoms with E-state index >= 15 is 0 Å². The van der Waals surface area contributed by atoms with Crippen LogP contribution in [-0.2, 0) is 4.79 Å². The number of hydrogen-bond acceptors (Lipinski definition) is 4. The van der Waals surface area contributed by atoms with Crippen molar-refractivity contribution in [2.45, 2.75) is 18.6 Å². The summed E-state index contributed by atoms with van der Waals surface area (Å²) in [5.41, 5.74) is 0.908. The quantitative estimate of drug-likeness (QED) is 0.905. The number of likely N-dealkylation sites (tertiary alicyclic amines) is 1. The smallest absolute Gasteiger partial charge is 0.261 e. The van der Waals surface area contributed by atoms with Gasteiger partial charge in [-0.1, -0.05) is 12.1 Å². The Hall–Kier alpha value is -2.60. The maximum Gasteiger partial charge on any atom is 0.261 e. The van der Waals surface area contributed by atoms with Crippen LogP contribution in [0.5, 0.6) is 11.5 Å². The van der Waals surface area contributed by atoms with E-state index in [9.17, 15) is 14.3 Å². The molecule has 1 heterocycles. The van der Waals surface area contributed by atoms with Crippen LogP contribution in [0.15, 0.2) is 48.5 Å². The maximum atomic E-state index is 12.9. The Morgan fingerprint density at radius 1 is 1.24 bits per heavy atom. The number of aliphatic hydroxyl groups excluding tert-OH is 1.